The maximum atomic E-state index is 16.9. The first-order valence-corrected chi connectivity index (χ1v) is 23.2. The number of benzene rings is 6. The normalized spacial score (nSPS) is 18.3. The minimum Gasteiger partial charge on any atom is -0.490 e. The van der Waals surface area contributed by atoms with E-state index in [4.69, 9.17) is 21.1 Å². The summed E-state index contributed by atoms with van der Waals surface area (Å²) >= 11 is 6.03. The highest BCUT2D eigenvalue weighted by Gasteiger charge is 2.51. The Morgan fingerprint density at radius 1 is 0.781 bits per heavy atom. The van der Waals surface area contributed by atoms with E-state index in [-0.39, 0.29) is 36.5 Å². The monoisotopic (exact) mass is 907 g/mol. The number of likely N-dealkylation sites (tertiary alicyclic amines) is 1. The van der Waals surface area contributed by atoms with E-state index in [1.54, 1.807) is 48.5 Å². The van der Waals surface area contributed by atoms with E-state index < -0.39 is 58.3 Å². The largest absolute Gasteiger partial charge is 0.490 e. The quantitative estimate of drug-likeness (QED) is 0.126. The molecule has 3 unspecified atom stereocenters. The molecule has 1 aliphatic heterocycles. The molecule has 6 aromatic rings. The van der Waals surface area contributed by atoms with Crippen LogP contribution in [0.5, 0.6) is 5.75 Å². The van der Waals surface area contributed by atoms with Crippen LogP contribution in [-0.4, -0.2) is 69.4 Å². The molecule has 2 N–H and O–H groups in total. The van der Waals surface area contributed by atoms with Crippen molar-refractivity contribution in [3.8, 4) is 28.0 Å². The van der Waals surface area contributed by atoms with Crippen molar-refractivity contribution in [3.05, 3.63) is 155 Å². The van der Waals surface area contributed by atoms with Gasteiger partial charge >= 0.3 is 6.09 Å². The standard InChI is InChI=1S/C50H45ClF3N3O6S/c51-36-21-15-32(16-22-36)31-13-19-35(20-14-31)50(53,54)47(56-64(60,61)39-24-18-33-27-38(23-17-34(33)28-39)63-37-7-1-2-8-37)48(58)57-26-25-46(45(52)29-57)55-49(59)62-30-44-42-11-5-3-9-40(42)41-10-4-6-12-43(41)44/h3-6,9-24,27-28,37,44-47,56H,1-2,7-8,25-26,29-30H2,(H,55,59). The number of piperidine rings is 1. The highest BCUT2D eigenvalue weighted by atomic mass is 35.5. The second-order valence-electron chi connectivity index (χ2n) is 16.6. The second-order valence-corrected chi connectivity index (χ2v) is 18.8. The van der Waals surface area contributed by atoms with Crippen LogP contribution >= 0.6 is 11.6 Å². The predicted octanol–water partition coefficient (Wildman–Crippen LogP) is 10.4. The molecule has 6 aromatic carbocycles. The van der Waals surface area contributed by atoms with Crippen molar-refractivity contribution in [2.45, 2.75) is 73.2 Å². The number of hydrogen-bond acceptors (Lipinski definition) is 6. The molecule has 1 saturated heterocycles. The lowest BCUT2D eigenvalue weighted by Gasteiger charge is -2.38. The lowest BCUT2D eigenvalue weighted by molar-refractivity contribution is -0.146. The molecule has 0 spiro atoms. The lowest BCUT2D eigenvalue weighted by atomic mass is 9.96. The summed E-state index contributed by atoms with van der Waals surface area (Å²) in [6, 6.07) is 33.2. The molecule has 0 radical (unpaired) electrons. The van der Waals surface area contributed by atoms with Gasteiger partial charge in [-0.2, -0.15) is 13.5 Å². The lowest BCUT2D eigenvalue weighted by Crippen LogP contribution is -2.60. The van der Waals surface area contributed by atoms with Crippen LogP contribution in [0, 0.1) is 0 Å². The van der Waals surface area contributed by atoms with Crippen LogP contribution < -0.4 is 14.8 Å². The Balaban J connectivity index is 0.918. The molecule has 2 aliphatic carbocycles. The summed E-state index contributed by atoms with van der Waals surface area (Å²) < 4.78 is 91.6. The van der Waals surface area contributed by atoms with E-state index in [0.29, 0.717) is 32.7 Å². The second kappa shape index (κ2) is 17.9. The molecular weight excluding hydrogens is 863 g/mol. The summed E-state index contributed by atoms with van der Waals surface area (Å²) in [4.78, 5) is 27.9. The molecule has 1 heterocycles. The van der Waals surface area contributed by atoms with E-state index >= 15 is 13.2 Å². The van der Waals surface area contributed by atoms with Gasteiger partial charge in [0.2, 0.25) is 15.9 Å². The Hall–Kier alpha value is -5.89. The van der Waals surface area contributed by atoms with Crippen molar-refractivity contribution in [2.75, 3.05) is 19.7 Å². The summed E-state index contributed by atoms with van der Waals surface area (Å²) in [5, 5.41) is 4.24. The molecule has 2 amide bonds. The summed E-state index contributed by atoms with van der Waals surface area (Å²) in [6.45, 7) is -0.935. The van der Waals surface area contributed by atoms with Crippen LogP contribution in [0.25, 0.3) is 33.0 Å². The maximum absolute atomic E-state index is 16.9. The van der Waals surface area contributed by atoms with Gasteiger partial charge < -0.3 is 19.7 Å². The number of carbonyl (C=O) groups excluding carboxylic acids is 2. The minimum absolute atomic E-state index is 0.00118. The zero-order chi connectivity index (χ0) is 44.6. The summed E-state index contributed by atoms with van der Waals surface area (Å²) in [6.07, 6.45) is 1.33. The number of hydrogen-bond donors (Lipinski definition) is 2. The van der Waals surface area contributed by atoms with Crippen LogP contribution in [0.4, 0.5) is 18.0 Å². The van der Waals surface area contributed by atoms with Gasteiger partial charge in [0.15, 0.2) is 6.04 Å². The van der Waals surface area contributed by atoms with Gasteiger partial charge in [0, 0.05) is 23.0 Å². The van der Waals surface area contributed by atoms with E-state index in [1.165, 1.54) is 24.3 Å². The van der Waals surface area contributed by atoms with Crippen molar-refractivity contribution < 1.29 is 40.7 Å². The summed E-state index contributed by atoms with van der Waals surface area (Å²) in [5.74, 6) is -5.03. The molecule has 9 rings (SSSR count). The highest BCUT2D eigenvalue weighted by molar-refractivity contribution is 7.89. The number of rotatable bonds is 12. The van der Waals surface area contributed by atoms with Gasteiger partial charge in [0.05, 0.1) is 23.6 Å². The topological polar surface area (TPSA) is 114 Å². The molecule has 3 aliphatic rings. The SMILES string of the molecule is O=C(NC1CCN(C(=O)C(NS(=O)(=O)c2ccc3cc(OC4CCCC4)ccc3c2)C(F)(F)c2ccc(-c3ccc(Cl)cc3)cc2)CC1F)OCC1c2ccccc2-c2ccccc21. The van der Waals surface area contributed by atoms with E-state index in [2.05, 4.69) is 5.32 Å². The third kappa shape index (κ3) is 8.93. The zero-order valence-electron chi connectivity index (χ0n) is 34.6. The van der Waals surface area contributed by atoms with E-state index in [9.17, 15) is 18.0 Å². The van der Waals surface area contributed by atoms with E-state index in [0.717, 1.165) is 65.0 Å². The number of nitrogens with one attached hydrogen (secondary N) is 2. The van der Waals surface area contributed by atoms with Crippen molar-refractivity contribution in [1.29, 1.82) is 0 Å². The molecule has 0 bridgehead atoms. The van der Waals surface area contributed by atoms with Gasteiger partial charge in [0.1, 0.15) is 18.5 Å². The third-order valence-corrected chi connectivity index (χ3v) is 14.2. The Labute approximate surface area is 374 Å². The van der Waals surface area contributed by atoms with Gasteiger partial charge in [-0.05, 0) is 113 Å². The van der Waals surface area contributed by atoms with Gasteiger partial charge in [-0.1, -0.05) is 109 Å². The number of nitrogens with zero attached hydrogens (tertiary/aromatic N) is 1. The molecule has 14 heteroatoms. The number of ether oxygens (including phenoxy) is 2. The Morgan fingerprint density at radius 2 is 1.39 bits per heavy atom. The Kier molecular flexibility index (Phi) is 12.2. The number of fused-ring (bicyclic) bond motifs is 4. The summed E-state index contributed by atoms with van der Waals surface area (Å²) in [7, 11) is -4.79. The molecule has 1 saturated carbocycles. The van der Waals surface area contributed by atoms with Crippen LogP contribution in [0.1, 0.15) is 54.7 Å². The first-order valence-electron chi connectivity index (χ1n) is 21.4. The van der Waals surface area contributed by atoms with Crippen molar-refractivity contribution in [1.82, 2.24) is 14.9 Å². The van der Waals surface area contributed by atoms with Gasteiger partial charge in [-0.3, -0.25) is 4.79 Å². The molecule has 3 atom stereocenters. The van der Waals surface area contributed by atoms with E-state index in [1.807, 2.05) is 53.3 Å². The van der Waals surface area contributed by atoms with Crippen LogP contribution in [-0.2, 0) is 25.5 Å². The fourth-order valence-corrected chi connectivity index (χ4v) is 10.4. The zero-order valence-corrected chi connectivity index (χ0v) is 36.1. The molecular formula is C50H45ClF3N3O6S. The Bertz CT molecular complexity index is 2760. The van der Waals surface area contributed by atoms with Crippen LogP contribution in [0.2, 0.25) is 5.02 Å². The maximum Gasteiger partial charge on any atom is 0.407 e. The first kappa shape index (κ1) is 43.4. The third-order valence-electron chi connectivity index (χ3n) is 12.5. The Morgan fingerprint density at radius 3 is 2.05 bits per heavy atom. The van der Waals surface area contributed by atoms with Crippen molar-refractivity contribution in [2.24, 2.45) is 0 Å². The van der Waals surface area contributed by atoms with Gasteiger partial charge in [0.25, 0.3) is 5.92 Å². The number of alkyl halides is 3. The number of halogens is 4. The van der Waals surface area contributed by atoms with Gasteiger partial charge in [-0.25, -0.2) is 17.6 Å². The van der Waals surface area contributed by atoms with Crippen molar-refractivity contribution >= 4 is 44.4 Å². The highest BCUT2D eigenvalue weighted by Crippen LogP contribution is 2.44. The molecule has 330 valence electrons. The average molecular weight is 908 g/mol. The van der Waals surface area contributed by atoms with Gasteiger partial charge in [-0.15, -0.1) is 0 Å². The minimum atomic E-state index is -4.79. The first-order chi connectivity index (χ1) is 30.8. The number of amides is 2. The predicted molar refractivity (Wildman–Crippen MR) is 240 cm³/mol. The summed E-state index contributed by atoms with van der Waals surface area (Å²) in [5.41, 5.74) is 4.75. The molecule has 64 heavy (non-hydrogen) atoms. The number of alkyl carbamates (subject to hydrolysis) is 1. The number of carbonyl (C=O) groups is 2. The van der Waals surface area contributed by atoms with Crippen LogP contribution in [0.3, 0.4) is 0 Å². The molecule has 0 aromatic heterocycles. The fraction of sp³-hybridized carbons (Fsp3) is 0.280. The number of sulfonamides is 1. The van der Waals surface area contributed by atoms with Crippen LogP contribution in [0.15, 0.2) is 138 Å². The fourth-order valence-electron chi connectivity index (χ4n) is 9.08. The molecule has 9 nitrogen and oxygen atoms in total. The smallest absolute Gasteiger partial charge is 0.407 e. The molecule has 2 fully saturated rings. The average Bonchev–Trinajstić information content (AvgIpc) is 3.94. The van der Waals surface area contributed by atoms with Crippen molar-refractivity contribution in [3.63, 3.8) is 0 Å².